The number of carbonyl (C=O) groups excluding carboxylic acids is 3. The monoisotopic (exact) mass is 312 g/mol. The van der Waals surface area contributed by atoms with Crippen molar-refractivity contribution in [3.63, 3.8) is 0 Å². The Labute approximate surface area is 124 Å². The van der Waals surface area contributed by atoms with E-state index in [1.165, 1.54) is 31.2 Å². The van der Waals surface area contributed by atoms with E-state index in [1.807, 2.05) is 0 Å². The number of hydrogen-bond acceptors (Lipinski definition) is 8. The van der Waals surface area contributed by atoms with E-state index in [2.05, 4.69) is 14.9 Å². The fourth-order valence-electron chi connectivity index (χ4n) is 1.26. The number of amides is 1. The number of ether oxygens (including phenoxy) is 2. The first-order chi connectivity index (χ1) is 10.4. The van der Waals surface area contributed by atoms with Gasteiger partial charge in [-0.15, -0.1) is 10.1 Å². The molecule has 0 spiro atoms. The van der Waals surface area contributed by atoms with Crippen LogP contribution in [0.1, 0.15) is 6.92 Å². The van der Waals surface area contributed by atoms with Crippen molar-refractivity contribution in [3.05, 3.63) is 34.4 Å². The zero-order chi connectivity index (χ0) is 16.5. The molecule has 118 valence electrons. The van der Waals surface area contributed by atoms with E-state index >= 15 is 0 Å². The molecule has 0 aliphatic heterocycles. The van der Waals surface area contributed by atoms with Gasteiger partial charge in [0.2, 0.25) is 5.91 Å². The molecule has 0 atom stereocenters. The summed E-state index contributed by atoms with van der Waals surface area (Å²) in [6.45, 7) is -0.274. The quantitative estimate of drug-likeness (QED) is 0.329. The Morgan fingerprint density at radius 1 is 1.14 bits per heavy atom. The number of carbonyl (C=O) groups is 3. The van der Waals surface area contributed by atoms with Gasteiger partial charge in [-0.05, 0) is 24.3 Å². The highest BCUT2D eigenvalue weighted by Gasteiger charge is 2.11. The number of hydrogen-bond donors (Lipinski definition) is 1. The third-order valence-electron chi connectivity index (χ3n) is 2.05. The van der Waals surface area contributed by atoms with Crippen molar-refractivity contribution in [3.8, 4) is 5.75 Å². The van der Waals surface area contributed by atoms with Gasteiger partial charge in [0.05, 0.1) is 0 Å². The van der Waals surface area contributed by atoms with Gasteiger partial charge in [0, 0.05) is 12.6 Å². The normalized spacial score (nSPS) is 9.50. The Morgan fingerprint density at radius 2 is 1.77 bits per heavy atom. The third kappa shape index (κ3) is 6.84. The minimum absolute atomic E-state index is 0.177. The summed E-state index contributed by atoms with van der Waals surface area (Å²) in [7, 11) is 0. The van der Waals surface area contributed by atoms with Gasteiger partial charge < -0.3 is 19.6 Å². The topological polar surface area (TPSA) is 134 Å². The van der Waals surface area contributed by atoms with Crippen LogP contribution in [0.3, 0.4) is 0 Å². The molecule has 0 aliphatic rings. The van der Waals surface area contributed by atoms with Gasteiger partial charge in [-0.25, -0.2) is 9.59 Å². The summed E-state index contributed by atoms with van der Waals surface area (Å²) in [5.41, 5.74) is 0.524. The summed E-state index contributed by atoms with van der Waals surface area (Å²) in [6.07, 6.45) is 0. The molecule has 22 heavy (non-hydrogen) atoms. The molecule has 10 nitrogen and oxygen atoms in total. The summed E-state index contributed by atoms with van der Waals surface area (Å²) in [6, 6.07) is 5.89. The highest BCUT2D eigenvalue weighted by molar-refractivity contribution is 5.88. The van der Waals surface area contributed by atoms with Crippen molar-refractivity contribution in [2.24, 2.45) is 0 Å². The first-order valence-electron chi connectivity index (χ1n) is 5.88. The van der Waals surface area contributed by atoms with Gasteiger partial charge in [0.25, 0.3) is 5.09 Å². The van der Waals surface area contributed by atoms with Gasteiger partial charge in [-0.2, -0.15) is 0 Å². The fourth-order valence-corrected chi connectivity index (χ4v) is 1.26. The second-order valence-corrected chi connectivity index (χ2v) is 3.84. The largest absolute Gasteiger partial charge is 0.452 e. The third-order valence-corrected chi connectivity index (χ3v) is 2.05. The van der Waals surface area contributed by atoms with E-state index < -0.39 is 30.2 Å². The van der Waals surface area contributed by atoms with Gasteiger partial charge in [0.15, 0.2) is 13.2 Å². The molecular formula is C12H12N2O8. The van der Waals surface area contributed by atoms with E-state index in [4.69, 9.17) is 4.74 Å². The standard InChI is InChI=1S/C12H12N2O8/c1-8(15)13-9-2-4-10(5-3-9)22-12(17)6-20-11(16)7-21-14(18)19/h2-5H,6-7H2,1H3,(H,13,15). The Kier molecular flexibility index (Phi) is 6.29. The molecule has 10 heteroatoms. The molecule has 0 heterocycles. The minimum Gasteiger partial charge on any atom is -0.452 e. The molecule has 0 radical (unpaired) electrons. The van der Waals surface area contributed by atoms with Gasteiger partial charge in [-0.1, -0.05) is 0 Å². The molecule has 0 fully saturated rings. The molecule has 0 aromatic heterocycles. The van der Waals surface area contributed by atoms with E-state index in [1.54, 1.807) is 0 Å². The molecule has 1 rings (SSSR count). The second-order valence-electron chi connectivity index (χ2n) is 3.84. The maximum absolute atomic E-state index is 11.4. The van der Waals surface area contributed by atoms with Crippen molar-refractivity contribution in [1.29, 1.82) is 0 Å². The number of benzene rings is 1. The summed E-state index contributed by atoms with van der Waals surface area (Å²) < 4.78 is 9.25. The highest BCUT2D eigenvalue weighted by atomic mass is 17.0. The Hall–Kier alpha value is -3.17. The molecule has 1 aromatic carbocycles. The van der Waals surface area contributed by atoms with E-state index in [9.17, 15) is 24.5 Å². The molecule has 1 amide bonds. The Bertz CT molecular complexity index is 569. The van der Waals surface area contributed by atoms with Crippen LogP contribution in [0, 0.1) is 10.1 Å². The van der Waals surface area contributed by atoms with Crippen LogP contribution in [-0.4, -0.2) is 36.1 Å². The predicted octanol–water partition coefficient (Wildman–Crippen LogP) is 0.302. The molecule has 1 aromatic rings. The van der Waals surface area contributed by atoms with E-state index in [-0.39, 0.29) is 11.7 Å². The van der Waals surface area contributed by atoms with Crippen LogP contribution in [0.4, 0.5) is 5.69 Å². The molecule has 0 aliphatic carbocycles. The lowest BCUT2D eigenvalue weighted by atomic mass is 10.3. The summed E-state index contributed by atoms with van der Waals surface area (Å²) in [5.74, 6) is -2.01. The smallest absolute Gasteiger partial charge is 0.349 e. The van der Waals surface area contributed by atoms with Crippen molar-refractivity contribution < 1.29 is 33.8 Å². The minimum atomic E-state index is -1.16. The lowest BCUT2D eigenvalue weighted by molar-refractivity contribution is -0.754. The maximum atomic E-state index is 11.4. The van der Waals surface area contributed by atoms with Crippen molar-refractivity contribution in [2.45, 2.75) is 6.92 Å². The lowest BCUT2D eigenvalue weighted by Gasteiger charge is -2.06. The molecule has 0 saturated carbocycles. The molecule has 1 N–H and O–H groups in total. The number of esters is 2. The Morgan fingerprint density at radius 3 is 2.32 bits per heavy atom. The van der Waals surface area contributed by atoms with Gasteiger partial charge in [0.1, 0.15) is 5.75 Å². The average molecular weight is 312 g/mol. The summed E-state index contributed by atoms with van der Waals surface area (Å²) in [5, 5.41) is 11.2. The lowest BCUT2D eigenvalue weighted by Crippen LogP contribution is -2.22. The van der Waals surface area contributed by atoms with Crippen LogP contribution in [0.2, 0.25) is 0 Å². The van der Waals surface area contributed by atoms with Crippen molar-refractivity contribution in [1.82, 2.24) is 0 Å². The summed E-state index contributed by atoms with van der Waals surface area (Å²) in [4.78, 5) is 46.7. The highest BCUT2D eigenvalue weighted by Crippen LogP contribution is 2.15. The van der Waals surface area contributed by atoms with Gasteiger partial charge in [-0.3, -0.25) is 4.79 Å². The van der Waals surface area contributed by atoms with Crippen LogP contribution >= 0.6 is 0 Å². The zero-order valence-electron chi connectivity index (χ0n) is 11.4. The van der Waals surface area contributed by atoms with E-state index in [0.29, 0.717) is 5.69 Å². The van der Waals surface area contributed by atoms with Crippen molar-refractivity contribution in [2.75, 3.05) is 18.5 Å². The van der Waals surface area contributed by atoms with Crippen LogP contribution in [0.25, 0.3) is 0 Å². The average Bonchev–Trinajstić information content (AvgIpc) is 2.44. The molecule has 0 unspecified atom stereocenters. The fraction of sp³-hybridized carbons (Fsp3) is 0.250. The van der Waals surface area contributed by atoms with Crippen LogP contribution in [-0.2, 0) is 24.0 Å². The van der Waals surface area contributed by atoms with Crippen LogP contribution in [0.15, 0.2) is 24.3 Å². The second kappa shape index (κ2) is 8.19. The number of nitrogens with zero attached hydrogens (tertiary/aromatic N) is 1. The predicted molar refractivity (Wildman–Crippen MR) is 70.3 cm³/mol. The van der Waals surface area contributed by atoms with Crippen LogP contribution in [0.5, 0.6) is 5.75 Å². The molecular weight excluding hydrogens is 300 g/mol. The number of nitrogens with one attached hydrogen (secondary N) is 1. The van der Waals surface area contributed by atoms with Gasteiger partial charge >= 0.3 is 11.9 Å². The van der Waals surface area contributed by atoms with E-state index in [0.717, 1.165) is 0 Å². The first kappa shape index (κ1) is 16.9. The maximum Gasteiger partial charge on any atom is 0.349 e. The summed E-state index contributed by atoms with van der Waals surface area (Å²) >= 11 is 0. The SMILES string of the molecule is CC(=O)Nc1ccc(OC(=O)COC(=O)CO[N+](=O)[O-])cc1. The molecule has 0 bridgehead atoms. The number of anilines is 1. The number of rotatable bonds is 7. The zero-order valence-corrected chi connectivity index (χ0v) is 11.4. The van der Waals surface area contributed by atoms with Crippen molar-refractivity contribution >= 4 is 23.5 Å². The first-order valence-corrected chi connectivity index (χ1v) is 5.88. The van der Waals surface area contributed by atoms with Crippen LogP contribution < -0.4 is 10.1 Å². The Balaban J connectivity index is 2.37. The molecule has 0 saturated heterocycles.